The summed E-state index contributed by atoms with van der Waals surface area (Å²) in [6, 6.07) is 17.4. The SMILES string of the molecule is CC[C@H](C)NC(=O)[C@H](C)N(Cc1ccc(Cl)c(Cl)c1)C(=O)CN(c1cc(C)ccc1C)S(=O)(=O)c1ccccc1. The van der Waals surface area contributed by atoms with E-state index in [1.54, 1.807) is 56.3 Å². The molecule has 214 valence electrons. The monoisotopic (exact) mass is 603 g/mol. The highest BCUT2D eigenvalue weighted by Gasteiger charge is 2.33. The summed E-state index contributed by atoms with van der Waals surface area (Å²) in [6.45, 7) is 8.62. The molecule has 0 bridgehead atoms. The van der Waals surface area contributed by atoms with Crippen molar-refractivity contribution in [2.45, 2.75) is 64.6 Å². The van der Waals surface area contributed by atoms with E-state index in [1.807, 2.05) is 32.9 Å². The Morgan fingerprint density at radius 2 is 1.60 bits per heavy atom. The van der Waals surface area contributed by atoms with Crippen molar-refractivity contribution in [3.8, 4) is 0 Å². The van der Waals surface area contributed by atoms with Gasteiger partial charge < -0.3 is 10.2 Å². The van der Waals surface area contributed by atoms with Crippen LogP contribution in [0.1, 0.15) is 43.9 Å². The summed E-state index contributed by atoms with van der Waals surface area (Å²) in [6.07, 6.45) is 0.717. The molecule has 40 heavy (non-hydrogen) atoms. The standard InChI is InChI=1S/C30H35Cl2N3O4S/c1-6-22(4)33-30(37)23(5)34(18-24-14-15-26(31)27(32)17-24)29(36)19-35(28-16-20(2)12-13-21(28)3)40(38,39)25-10-8-7-9-11-25/h7-17,22-23H,6,18-19H2,1-5H3,(H,33,37)/t22-,23-/m0/s1. The fourth-order valence-electron chi connectivity index (χ4n) is 4.10. The third-order valence-corrected chi connectivity index (χ3v) is 9.26. The van der Waals surface area contributed by atoms with Crippen molar-refractivity contribution in [2.24, 2.45) is 0 Å². The number of amides is 2. The highest BCUT2D eigenvalue weighted by atomic mass is 35.5. The number of halogens is 2. The number of nitrogens with one attached hydrogen (secondary N) is 1. The Morgan fingerprint density at radius 3 is 2.23 bits per heavy atom. The fourth-order valence-corrected chi connectivity index (χ4v) is 5.92. The van der Waals surface area contributed by atoms with Gasteiger partial charge in [0, 0.05) is 12.6 Å². The van der Waals surface area contributed by atoms with Gasteiger partial charge in [-0.2, -0.15) is 0 Å². The van der Waals surface area contributed by atoms with Gasteiger partial charge in [0.25, 0.3) is 10.0 Å². The third kappa shape index (κ3) is 7.56. The Bertz CT molecular complexity index is 1470. The smallest absolute Gasteiger partial charge is 0.264 e. The Balaban J connectivity index is 2.07. The summed E-state index contributed by atoms with van der Waals surface area (Å²) in [5, 5.41) is 3.59. The molecule has 0 aliphatic carbocycles. The molecule has 0 saturated heterocycles. The van der Waals surface area contributed by atoms with Crippen molar-refractivity contribution in [2.75, 3.05) is 10.8 Å². The second kappa shape index (κ2) is 13.5. The van der Waals surface area contributed by atoms with E-state index in [2.05, 4.69) is 5.32 Å². The Hall–Kier alpha value is -3.07. The van der Waals surface area contributed by atoms with E-state index < -0.39 is 28.5 Å². The van der Waals surface area contributed by atoms with E-state index in [1.165, 1.54) is 17.0 Å². The van der Waals surface area contributed by atoms with Gasteiger partial charge in [-0.1, -0.05) is 66.5 Å². The van der Waals surface area contributed by atoms with Crippen LogP contribution in [0.4, 0.5) is 5.69 Å². The normalized spacial score (nSPS) is 12.9. The molecule has 2 amide bonds. The zero-order valence-electron chi connectivity index (χ0n) is 23.3. The van der Waals surface area contributed by atoms with Gasteiger partial charge in [0.05, 0.1) is 20.6 Å². The predicted octanol–water partition coefficient (Wildman–Crippen LogP) is 6.14. The zero-order valence-corrected chi connectivity index (χ0v) is 25.6. The molecule has 0 saturated carbocycles. The highest BCUT2D eigenvalue weighted by Crippen LogP contribution is 2.29. The van der Waals surface area contributed by atoms with Crippen LogP contribution in [0.15, 0.2) is 71.6 Å². The van der Waals surface area contributed by atoms with E-state index in [4.69, 9.17) is 23.2 Å². The van der Waals surface area contributed by atoms with Gasteiger partial charge in [0.15, 0.2) is 0 Å². The molecule has 0 unspecified atom stereocenters. The lowest BCUT2D eigenvalue weighted by molar-refractivity contribution is -0.139. The van der Waals surface area contributed by atoms with Crippen molar-refractivity contribution in [3.05, 3.63) is 93.5 Å². The first-order chi connectivity index (χ1) is 18.8. The van der Waals surface area contributed by atoms with Gasteiger partial charge in [0.1, 0.15) is 12.6 Å². The highest BCUT2D eigenvalue weighted by molar-refractivity contribution is 7.92. The quantitative estimate of drug-likeness (QED) is 0.285. The lowest BCUT2D eigenvalue weighted by atomic mass is 10.1. The molecule has 0 radical (unpaired) electrons. The minimum atomic E-state index is -4.13. The minimum Gasteiger partial charge on any atom is -0.352 e. The minimum absolute atomic E-state index is 0.0246. The van der Waals surface area contributed by atoms with Crippen LogP contribution in [-0.4, -0.2) is 43.8 Å². The molecule has 10 heteroatoms. The lowest BCUT2D eigenvalue weighted by Crippen LogP contribution is -2.52. The number of carbonyl (C=O) groups excluding carboxylic acids is 2. The van der Waals surface area contributed by atoms with Crippen molar-refractivity contribution >= 4 is 50.7 Å². The second-order valence-corrected chi connectivity index (χ2v) is 12.6. The molecule has 0 fully saturated rings. The van der Waals surface area contributed by atoms with Crippen LogP contribution in [0.3, 0.4) is 0 Å². The molecule has 7 nitrogen and oxygen atoms in total. The molecule has 2 atom stereocenters. The van der Waals surface area contributed by atoms with E-state index in [9.17, 15) is 18.0 Å². The number of rotatable bonds is 11. The Morgan fingerprint density at radius 1 is 0.925 bits per heavy atom. The molecule has 0 spiro atoms. The van der Waals surface area contributed by atoms with Crippen LogP contribution in [0.25, 0.3) is 0 Å². The summed E-state index contributed by atoms with van der Waals surface area (Å²) in [4.78, 5) is 28.6. The van der Waals surface area contributed by atoms with Crippen molar-refractivity contribution in [1.82, 2.24) is 10.2 Å². The molecule has 3 aromatic carbocycles. The molecular formula is C30H35Cl2N3O4S. The van der Waals surface area contributed by atoms with Gasteiger partial charge >= 0.3 is 0 Å². The van der Waals surface area contributed by atoms with Crippen LogP contribution in [0.2, 0.25) is 10.0 Å². The maximum absolute atomic E-state index is 14.0. The first-order valence-corrected chi connectivity index (χ1v) is 15.2. The van der Waals surface area contributed by atoms with E-state index in [-0.39, 0.29) is 23.4 Å². The Labute approximate surface area is 247 Å². The predicted molar refractivity (Wildman–Crippen MR) is 161 cm³/mol. The fraction of sp³-hybridized carbons (Fsp3) is 0.333. The summed E-state index contributed by atoms with van der Waals surface area (Å²) in [5.74, 6) is -0.884. The third-order valence-electron chi connectivity index (χ3n) is 6.75. The molecule has 0 heterocycles. The number of hydrogen-bond acceptors (Lipinski definition) is 4. The molecule has 3 rings (SSSR count). The average molecular weight is 605 g/mol. The van der Waals surface area contributed by atoms with Gasteiger partial charge in [-0.3, -0.25) is 13.9 Å². The van der Waals surface area contributed by atoms with Crippen LogP contribution in [0, 0.1) is 13.8 Å². The van der Waals surface area contributed by atoms with Crippen LogP contribution >= 0.6 is 23.2 Å². The summed E-state index contributed by atoms with van der Waals surface area (Å²) < 4.78 is 29.0. The Kier molecular flexibility index (Phi) is 10.6. The molecular weight excluding hydrogens is 569 g/mol. The van der Waals surface area contributed by atoms with Crippen LogP contribution in [-0.2, 0) is 26.2 Å². The average Bonchev–Trinajstić information content (AvgIpc) is 2.93. The van der Waals surface area contributed by atoms with Crippen molar-refractivity contribution in [1.29, 1.82) is 0 Å². The number of aryl methyl sites for hydroxylation is 2. The first-order valence-electron chi connectivity index (χ1n) is 13.0. The maximum Gasteiger partial charge on any atom is 0.264 e. The van der Waals surface area contributed by atoms with E-state index in [0.29, 0.717) is 26.9 Å². The van der Waals surface area contributed by atoms with Crippen molar-refractivity contribution in [3.63, 3.8) is 0 Å². The van der Waals surface area contributed by atoms with Gasteiger partial charge in [-0.15, -0.1) is 0 Å². The van der Waals surface area contributed by atoms with Gasteiger partial charge in [-0.05, 0) is 81.1 Å². The maximum atomic E-state index is 14.0. The number of hydrogen-bond donors (Lipinski definition) is 1. The molecule has 0 aliphatic rings. The first kappa shape index (κ1) is 31.5. The summed E-state index contributed by atoms with van der Waals surface area (Å²) in [5.41, 5.74) is 2.57. The number of anilines is 1. The lowest BCUT2D eigenvalue weighted by Gasteiger charge is -2.33. The number of carbonyl (C=O) groups is 2. The van der Waals surface area contributed by atoms with Crippen LogP contribution < -0.4 is 9.62 Å². The van der Waals surface area contributed by atoms with Gasteiger partial charge in [-0.25, -0.2) is 8.42 Å². The molecule has 0 aliphatic heterocycles. The van der Waals surface area contributed by atoms with E-state index in [0.717, 1.165) is 16.3 Å². The second-order valence-electron chi connectivity index (χ2n) is 9.88. The van der Waals surface area contributed by atoms with Crippen molar-refractivity contribution < 1.29 is 18.0 Å². The molecule has 1 N–H and O–H groups in total. The number of nitrogens with zero attached hydrogens (tertiary/aromatic N) is 2. The topological polar surface area (TPSA) is 86.8 Å². The molecule has 3 aromatic rings. The largest absolute Gasteiger partial charge is 0.352 e. The number of benzene rings is 3. The summed E-state index contributed by atoms with van der Waals surface area (Å²) >= 11 is 12.3. The van der Waals surface area contributed by atoms with Crippen LogP contribution in [0.5, 0.6) is 0 Å². The number of sulfonamides is 1. The van der Waals surface area contributed by atoms with Gasteiger partial charge in [0.2, 0.25) is 11.8 Å². The zero-order chi connectivity index (χ0) is 29.6. The van der Waals surface area contributed by atoms with E-state index >= 15 is 0 Å². The molecule has 0 aromatic heterocycles. The summed E-state index contributed by atoms with van der Waals surface area (Å²) in [7, 11) is -4.13.